The maximum atomic E-state index is 4.97. The van der Waals surface area contributed by atoms with Gasteiger partial charge in [0.15, 0.2) is 0 Å². The monoisotopic (exact) mass is 155 g/mol. The highest BCUT2D eigenvalue weighted by Gasteiger charge is 2.16. The van der Waals surface area contributed by atoms with Crippen LogP contribution in [-0.4, -0.2) is 12.3 Å². The molecule has 10 heavy (non-hydrogen) atoms. The summed E-state index contributed by atoms with van der Waals surface area (Å²) in [6.07, 6.45) is 3.52. The van der Waals surface area contributed by atoms with E-state index in [1.165, 1.54) is 11.3 Å². The Morgan fingerprint density at radius 3 is 3.30 bits per heavy atom. The van der Waals surface area contributed by atoms with Crippen LogP contribution < -0.4 is 5.32 Å². The molecule has 1 aromatic heterocycles. The van der Waals surface area contributed by atoms with Crippen molar-refractivity contribution in [2.45, 2.75) is 5.37 Å². The van der Waals surface area contributed by atoms with E-state index in [1.54, 1.807) is 12.5 Å². The molecule has 0 saturated carbocycles. The van der Waals surface area contributed by atoms with Gasteiger partial charge in [-0.25, -0.2) is 0 Å². The Labute approximate surface area is 64.0 Å². The second-order valence-electron chi connectivity index (χ2n) is 2.26. The molecule has 2 heterocycles. The molecule has 54 valence electrons. The van der Waals surface area contributed by atoms with Crippen molar-refractivity contribution >= 4 is 11.8 Å². The Balaban J connectivity index is 2.12. The zero-order valence-corrected chi connectivity index (χ0v) is 6.36. The summed E-state index contributed by atoms with van der Waals surface area (Å²) in [4.78, 5) is 0. The highest BCUT2D eigenvalue weighted by atomic mass is 32.2. The summed E-state index contributed by atoms with van der Waals surface area (Å²) >= 11 is 1.93. The number of thioether (sulfide) groups is 1. The van der Waals surface area contributed by atoms with Crippen LogP contribution in [0.25, 0.3) is 0 Å². The van der Waals surface area contributed by atoms with Crippen LogP contribution in [-0.2, 0) is 0 Å². The van der Waals surface area contributed by atoms with Gasteiger partial charge in [-0.1, -0.05) is 0 Å². The number of rotatable bonds is 1. The molecule has 2 nitrogen and oxygen atoms in total. The lowest BCUT2D eigenvalue weighted by atomic mass is 10.3. The van der Waals surface area contributed by atoms with Crippen LogP contribution >= 0.6 is 11.8 Å². The molecule has 1 atom stereocenters. The Morgan fingerprint density at radius 2 is 2.70 bits per heavy atom. The molecule has 1 aromatic rings. The first-order valence-electron chi connectivity index (χ1n) is 3.34. The van der Waals surface area contributed by atoms with Gasteiger partial charge in [0.05, 0.1) is 17.9 Å². The van der Waals surface area contributed by atoms with Gasteiger partial charge in [-0.2, -0.15) is 0 Å². The number of nitrogens with one attached hydrogen (secondary N) is 1. The van der Waals surface area contributed by atoms with Crippen molar-refractivity contribution in [1.29, 1.82) is 0 Å². The van der Waals surface area contributed by atoms with Crippen molar-refractivity contribution < 1.29 is 4.42 Å². The van der Waals surface area contributed by atoms with E-state index in [2.05, 4.69) is 5.32 Å². The van der Waals surface area contributed by atoms with Crippen molar-refractivity contribution in [2.75, 3.05) is 12.3 Å². The Morgan fingerprint density at radius 1 is 1.70 bits per heavy atom. The molecule has 3 heteroatoms. The van der Waals surface area contributed by atoms with Crippen LogP contribution in [0.5, 0.6) is 0 Å². The van der Waals surface area contributed by atoms with Crippen molar-refractivity contribution in [2.24, 2.45) is 0 Å². The molecular weight excluding hydrogens is 146 g/mol. The van der Waals surface area contributed by atoms with Gasteiger partial charge >= 0.3 is 0 Å². The van der Waals surface area contributed by atoms with E-state index < -0.39 is 0 Å². The van der Waals surface area contributed by atoms with Crippen LogP contribution in [0.1, 0.15) is 10.9 Å². The molecule has 1 saturated heterocycles. The SMILES string of the molecule is c1cc(C2NCCS2)co1. The fraction of sp³-hybridized carbons (Fsp3) is 0.429. The van der Waals surface area contributed by atoms with Crippen LogP contribution in [0.15, 0.2) is 23.0 Å². The molecule has 1 N–H and O–H groups in total. The van der Waals surface area contributed by atoms with E-state index in [-0.39, 0.29) is 0 Å². The van der Waals surface area contributed by atoms with Gasteiger partial charge in [0.2, 0.25) is 0 Å². The fourth-order valence-corrected chi connectivity index (χ4v) is 2.10. The van der Waals surface area contributed by atoms with E-state index in [1.807, 2.05) is 17.8 Å². The van der Waals surface area contributed by atoms with E-state index >= 15 is 0 Å². The summed E-state index contributed by atoms with van der Waals surface area (Å²) in [5.41, 5.74) is 1.25. The lowest BCUT2D eigenvalue weighted by molar-refractivity contribution is 0.561. The maximum absolute atomic E-state index is 4.97. The van der Waals surface area contributed by atoms with Crippen LogP contribution in [0.3, 0.4) is 0 Å². The first-order valence-corrected chi connectivity index (χ1v) is 4.39. The van der Waals surface area contributed by atoms with Crippen molar-refractivity contribution in [3.8, 4) is 0 Å². The second-order valence-corrected chi connectivity index (χ2v) is 3.47. The number of hydrogen-bond donors (Lipinski definition) is 1. The molecule has 1 aliphatic heterocycles. The van der Waals surface area contributed by atoms with E-state index in [0.717, 1.165) is 6.54 Å². The molecule has 1 unspecified atom stereocenters. The largest absolute Gasteiger partial charge is 0.472 e. The minimum atomic E-state index is 0.471. The van der Waals surface area contributed by atoms with Gasteiger partial charge in [-0.05, 0) is 6.07 Å². The van der Waals surface area contributed by atoms with Gasteiger partial charge in [-0.3, -0.25) is 0 Å². The van der Waals surface area contributed by atoms with E-state index in [0.29, 0.717) is 5.37 Å². The lowest BCUT2D eigenvalue weighted by Crippen LogP contribution is -2.10. The Bertz CT molecular complexity index is 191. The second kappa shape index (κ2) is 2.68. The zero-order chi connectivity index (χ0) is 6.81. The first kappa shape index (κ1) is 6.31. The third-order valence-corrected chi connectivity index (χ3v) is 2.77. The molecule has 2 rings (SSSR count). The zero-order valence-electron chi connectivity index (χ0n) is 5.54. The predicted molar refractivity (Wildman–Crippen MR) is 41.9 cm³/mol. The maximum Gasteiger partial charge on any atom is 0.0959 e. The van der Waals surface area contributed by atoms with Crippen LogP contribution in [0.2, 0.25) is 0 Å². The van der Waals surface area contributed by atoms with E-state index in [9.17, 15) is 0 Å². The topological polar surface area (TPSA) is 25.2 Å². The summed E-state index contributed by atoms with van der Waals surface area (Å²) in [5, 5.41) is 3.83. The van der Waals surface area contributed by atoms with Gasteiger partial charge in [0.25, 0.3) is 0 Å². The highest BCUT2D eigenvalue weighted by Crippen LogP contribution is 2.29. The Kier molecular flexibility index (Phi) is 1.69. The predicted octanol–water partition coefficient (Wildman–Crippen LogP) is 1.61. The van der Waals surface area contributed by atoms with Crippen molar-refractivity contribution in [1.82, 2.24) is 5.32 Å². The molecule has 1 aliphatic rings. The molecule has 0 spiro atoms. The molecule has 0 aromatic carbocycles. The summed E-state index contributed by atoms with van der Waals surface area (Å²) < 4.78 is 4.97. The normalized spacial score (nSPS) is 25.4. The van der Waals surface area contributed by atoms with Gasteiger partial charge in [0.1, 0.15) is 0 Å². The third-order valence-electron chi connectivity index (χ3n) is 1.56. The summed E-state index contributed by atoms with van der Waals surface area (Å²) in [5.74, 6) is 1.20. The van der Waals surface area contributed by atoms with Crippen molar-refractivity contribution in [3.63, 3.8) is 0 Å². The van der Waals surface area contributed by atoms with Gasteiger partial charge in [0, 0.05) is 17.9 Å². The molecule has 0 amide bonds. The van der Waals surface area contributed by atoms with Crippen molar-refractivity contribution in [3.05, 3.63) is 24.2 Å². The average molecular weight is 155 g/mol. The van der Waals surface area contributed by atoms with E-state index in [4.69, 9.17) is 4.42 Å². The summed E-state index contributed by atoms with van der Waals surface area (Å²) in [6.45, 7) is 1.11. The fourth-order valence-electron chi connectivity index (χ4n) is 1.06. The third kappa shape index (κ3) is 1.07. The number of hydrogen-bond acceptors (Lipinski definition) is 3. The smallest absolute Gasteiger partial charge is 0.0959 e. The quantitative estimate of drug-likeness (QED) is 0.667. The molecule has 0 bridgehead atoms. The summed E-state index contributed by atoms with van der Waals surface area (Å²) in [7, 11) is 0. The van der Waals surface area contributed by atoms with Gasteiger partial charge in [-0.15, -0.1) is 11.8 Å². The highest BCUT2D eigenvalue weighted by molar-refractivity contribution is 7.99. The average Bonchev–Trinajstić information content (AvgIpc) is 2.59. The van der Waals surface area contributed by atoms with Crippen LogP contribution in [0.4, 0.5) is 0 Å². The summed E-state index contributed by atoms with van der Waals surface area (Å²) in [6, 6.07) is 2.01. The minimum Gasteiger partial charge on any atom is -0.472 e. The molecular formula is C7H9NOS. The minimum absolute atomic E-state index is 0.471. The molecule has 0 aliphatic carbocycles. The van der Waals surface area contributed by atoms with Gasteiger partial charge < -0.3 is 9.73 Å². The first-order chi connectivity index (χ1) is 4.97. The standard InChI is InChI=1S/C7H9NOS/c1-3-9-5-6(1)7-8-2-4-10-7/h1,3,5,7-8H,2,4H2. The molecule has 1 fully saturated rings. The van der Waals surface area contributed by atoms with Crippen LogP contribution in [0, 0.1) is 0 Å². The number of furan rings is 1. The lowest BCUT2D eigenvalue weighted by Gasteiger charge is -2.03. The molecule has 0 radical (unpaired) electrons. The Hall–Kier alpha value is -0.410.